The number of hydrogen-bond acceptors (Lipinski definition) is 4. The highest BCUT2D eigenvalue weighted by Crippen LogP contribution is 2.33. The number of rotatable bonds is 3. The van der Waals surface area contributed by atoms with Crippen molar-refractivity contribution in [1.82, 2.24) is 19.1 Å². The van der Waals surface area contributed by atoms with Gasteiger partial charge in [0.2, 0.25) is 0 Å². The molecule has 0 bridgehead atoms. The van der Waals surface area contributed by atoms with Crippen molar-refractivity contribution in [2.45, 2.75) is 43.0 Å². The van der Waals surface area contributed by atoms with E-state index < -0.39 is 10.0 Å². The molecule has 2 aliphatic rings. The van der Waals surface area contributed by atoms with Gasteiger partial charge in [0.1, 0.15) is 0 Å². The molecule has 6 nitrogen and oxygen atoms in total. The van der Waals surface area contributed by atoms with E-state index in [4.69, 9.17) is 0 Å². The van der Waals surface area contributed by atoms with Crippen LogP contribution in [-0.2, 0) is 29.9 Å². The number of aromatic nitrogens is 3. The molecule has 1 aliphatic heterocycles. The lowest BCUT2D eigenvalue weighted by atomic mass is 9.99. The van der Waals surface area contributed by atoms with Gasteiger partial charge in [0.25, 0.3) is 10.0 Å². The molecule has 4 rings (SSSR count). The lowest BCUT2D eigenvalue weighted by molar-refractivity contribution is 0.461. The lowest BCUT2D eigenvalue weighted by Gasteiger charge is -2.18. The Morgan fingerprint density at radius 1 is 1.21 bits per heavy atom. The number of aryl methyl sites for hydroxylation is 2. The Morgan fingerprint density at radius 2 is 2.04 bits per heavy atom. The quantitative estimate of drug-likeness (QED) is 0.851. The van der Waals surface area contributed by atoms with Crippen molar-refractivity contribution in [3.05, 3.63) is 41.3 Å². The number of pyridine rings is 1. The smallest absolute Gasteiger partial charge is 0.260 e. The first-order valence-corrected chi connectivity index (χ1v) is 9.97. The van der Waals surface area contributed by atoms with Gasteiger partial charge in [-0.25, -0.2) is 8.42 Å². The second-order valence-electron chi connectivity index (χ2n) is 6.66. The Hall–Kier alpha value is -1.73. The summed E-state index contributed by atoms with van der Waals surface area (Å²) in [5, 5.41) is 4.87. The zero-order valence-electron chi connectivity index (χ0n) is 13.9. The van der Waals surface area contributed by atoms with Gasteiger partial charge in [0, 0.05) is 43.5 Å². The van der Waals surface area contributed by atoms with Crippen molar-refractivity contribution >= 4 is 10.0 Å². The molecule has 1 aliphatic carbocycles. The highest BCUT2D eigenvalue weighted by atomic mass is 32.2. The molecular weight excluding hydrogens is 324 g/mol. The molecule has 0 saturated carbocycles. The summed E-state index contributed by atoms with van der Waals surface area (Å²) in [5.41, 5.74) is 2.87. The topological polar surface area (TPSA) is 68.1 Å². The number of nitrogens with zero attached hydrogens (tertiary/aromatic N) is 4. The third-order valence-electron chi connectivity index (χ3n) is 5.10. The Balaban J connectivity index is 1.64. The van der Waals surface area contributed by atoms with Crippen LogP contribution in [0.4, 0.5) is 0 Å². The van der Waals surface area contributed by atoms with Gasteiger partial charge in [-0.15, -0.1) is 0 Å². The average molecular weight is 346 g/mol. The monoisotopic (exact) mass is 346 g/mol. The van der Waals surface area contributed by atoms with E-state index in [2.05, 4.69) is 10.1 Å². The number of fused-ring (bicyclic) bond motifs is 1. The SMILES string of the molecule is Cn1nc2c(c1S(=O)(=O)N1CCC(c3ccccn3)C1)CCCC2. The Labute approximate surface area is 142 Å². The summed E-state index contributed by atoms with van der Waals surface area (Å²) < 4.78 is 29.6. The van der Waals surface area contributed by atoms with Crippen molar-refractivity contribution in [3.8, 4) is 0 Å². The Kier molecular flexibility index (Phi) is 3.92. The third-order valence-corrected chi connectivity index (χ3v) is 7.11. The largest absolute Gasteiger partial charge is 0.261 e. The van der Waals surface area contributed by atoms with E-state index in [0.717, 1.165) is 49.1 Å². The molecule has 1 saturated heterocycles. The van der Waals surface area contributed by atoms with Gasteiger partial charge in [0.05, 0.1) is 5.69 Å². The van der Waals surface area contributed by atoms with E-state index in [1.165, 1.54) is 0 Å². The van der Waals surface area contributed by atoms with Crippen LogP contribution in [0.1, 0.15) is 42.1 Å². The maximum absolute atomic E-state index is 13.2. The summed E-state index contributed by atoms with van der Waals surface area (Å²) in [6.45, 7) is 1.04. The van der Waals surface area contributed by atoms with Gasteiger partial charge < -0.3 is 0 Å². The van der Waals surface area contributed by atoms with Crippen LogP contribution in [0.2, 0.25) is 0 Å². The van der Waals surface area contributed by atoms with Gasteiger partial charge in [-0.1, -0.05) is 6.07 Å². The zero-order valence-corrected chi connectivity index (χ0v) is 14.7. The third kappa shape index (κ3) is 2.56. The molecule has 0 N–H and O–H groups in total. The van der Waals surface area contributed by atoms with Crippen LogP contribution in [-0.4, -0.2) is 40.6 Å². The van der Waals surface area contributed by atoms with Crippen molar-refractivity contribution in [2.24, 2.45) is 7.05 Å². The first kappa shape index (κ1) is 15.8. The summed E-state index contributed by atoms with van der Waals surface area (Å²) >= 11 is 0. The van der Waals surface area contributed by atoms with Crippen LogP contribution in [0.5, 0.6) is 0 Å². The molecule has 1 fully saturated rings. The van der Waals surface area contributed by atoms with Crippen LogP contribution in [0.15, 0.2) is 29.4 Å². The highest BCUT2D eigenvalue weighted by Gasteiger charge is 2.38. The zero-order chi connectivity index (χ0) is 16.7. The standard InChI is InChI=1S/C17H22N4O2S/c1-20-17(14-6-2-3-8-16(14)19-20)24(22,23)21-11-9-13(12-21)15-7-4-5-10-18-15/h4-5,7,10,13H,2-3,6,8-9,11-12H2,1H3. The Bertz CT molecular complexity index is 845. The van der Waals surface area contributed by atoms with Crippen LogP contribution in [0.25, 0.3) is 0 Å². The first-order chi connectivity index (χ1) is 11.6. The summed E-state index contributed by atoms with van der Waals surface area (Å²) in [4.78, 5) is 4.39. The molecule has 0 aromatic carbocycles. The molecule has 0 spiro atoms. The molecule has 3 heterocycles. The summed E-state index contributed by atoms with van der Waals surface area (Å²) in [5.74, 6) is 0.171. The van der Waals surface area contributed by atoms with E-state index in [9.17, 15) is 8.42 Å². The van der Waals surface area contributed by atoms with Crippen LogP contribution in [0.3, 0.4) is 0 Å². The van der Waals surface area contributed by atoms with Gasteiger partial charge >= 0.3 is 0 Å². The average Bonchev–Trinajstić information content (AvgIpc) is 3.20. The number of sulfonamides is 1. The second-order valence-corrected chi connectivity index (χ2v) is 8.52. The molecule has 0 amide bonds. The highest BCUT2D eigenvalue weighted by molar-refractivity contribution is 7.89. The maximum atomic E-state index is 13.2. The fourth-order valence-electron chi connectivity index (χ4n) is 3.90. The summed E-state index contributed by atoms with van der Waals surface area (Å²) in [6.07, 6.45) is 6.41. The van der Waals surface area contributed by atoms with Gasteiger partial charge in [-0.05, 0) is 44.2 Å². The van der Waals surface area contributed by atoms with Crippen molar-refractivity contribution in [3.63, 3.8) is 0 Å². The van der Waals surface area contributed by atoms with Crippen LogP contribution >= 0.6 is 0 Å². The van der Waals surface area contributed by atoms with Gasteiger partial charge in [-0.3, -0.25) is 9.67 Å². The number of hydrogen-bond donors (Lipinski definition) is 0. The van der Waals surface area contributed by atoms with Crippen molar-refractivity contribution in [1.29, 1.82) is 0 Å². The first-order valence-electron chi connectivity index (χ1n) is 8.53. The minimum atomic E-state index is -3.50. The fourth-order valence-corrected chi connectivity index (χ4v) is 5.77. The molecule has 2 aromatic heterocycles. The predicted molar refractivity (Wildman–Crippen MR) is 90.2 cm³/mol. The molecule has 128 valence electrons. The lowest BCUT2D eigenvalue weighted by Crippen LogP contribution is -2.31. The predicted octanol–water partition coefficient (Wildman–Crippen LogP) is 1.87. The minimum absolute atomic E-state index is 0.171. The van der Waals surface area contributed by atoms with Gasteiger partial charge in [0.15, 0.2) is 5.03 Å². The normalized spacial score (nSPS) is 21.8. The molecule has 0 radical (unpaired) electrons. The van der Waals surface area contributed by atoms with Crippen LogP contribution in [0, 0.1) is 0 Å². The molecule has 2 aromatic rings. The van der Waals surface area contributed by atoms with E-state index in [1.54, 1.807) is 22.2 Å². The fraction of sp³-hybridized carbons (Fsp3) is 0.529. The van der Waals surface area contributed by atoms with E-state index in [1.807, 2.05) is 18.2 Å². The van der Waals surface area contributed by atoms with Gasteiger partial charge in [-0.2, -0.15) is 9.40 Å². The Morgan fingerprint density at radius 3 is 2.83 bits per heavy atom. The molecular formula is C17H22N4O2S. The van der Waals surface area contributed by atoms with Crippen molar-refractivity contribution < 1.29 is 8.42 Å². The maximum Gasteiger partial charge on any atom is 0.260 e. The second kappa shape index (κ2) is 5.97. The van der Waals surface area contributed by atoms with E-state index >= 15 is 0 Å². The van der Waals surface area contributed by atoms with Crippen LogP contribution < -0.4 is 0 Å². The summed E-state index contributed by atoms with van der Waals surface area (Å²) in [6, 6.07) is 5.82. The van der Waals surface area contributed by atoms with Crippen molar-refractivity contribution in [2.75, 3.05) is 13.1 Å². The molecule has 24 heavy (non-hydrogen) atoms. The van der Waals surface area contributed by atoms with E-state index in [0.29, 0.717) is 18.1 Å². The molecule has 7 heteroatoms. The van der Waals surface area contributed by atoms with E-state index in [-0.39, 0.29) is 5.92 Å². The minimum Gasteiger partial charge on any atom is -0.261 e. The summed E-state index contributed by atoms with van der Waals surface area (Å²) in [7, 11) is -1.75. The molecule has 1 atom stereocenters. The molecule has 1 unspecified atom stereocenters.